The summed E-state index contributed by atoms with van der Waals surface area (Å²) < 4.78 is 0. The third-order valence-electron chi connectivity index (χ3n) is 5.25. The second kappa shape index (κ2) is 9.01. The summed E-state index contributed by atoms with van der Waals surface area (Å²) in [4.78, 5) is 15.4. The van der Waals surface area contributed by atoms with Gasteiger partial charge in [-0.3, -0.25) is 4.79 Å². The number of hydrogen-bond donors (Lipinski definition) is 3. The van der Waals surface area contributed by atoms with Gasteiger partial charge in [0.15, 0.2) is 6.04 Å². The Morgan fingerprint density at radius 2 is 1.74 bits per heavy atom. The number of amides is 1. The fourth-order valence-corrected chi connectivity index (χ4v) is 3.62. The van der Waals surface area contributed by atoms with Gasteiger partial charge in [-0.15, -0.1) is 0 Å². The van der Waals surface area contributed by atoms with Crippen LogP contribution in [0.25, 0.3) is 0 Å². The van der Waals surface area contributed by atoms with E-state index < -0.39 is 0 Å². The van der Waals surface area contributed by atoms with Gasteiger partial charge in [-0.25, -0.2) is 0 Å². The number of nitrogens with one attached hydrogen (secondary N) is 3. The molecule has 0 bridgehead atoms. The first-order valence-corrected chi connectivity index (χ1v) is 9.66. The van der Waals surface area contributed by atoms with Crippen LogP contribution in [-0.2, 0) is 11.3 Å². The van der Waals surface area contributed by atoms with Crippen LogP contribution < -0.4 is 15.1 Å². The van der Waals surface area contributed by atoms with E-state index in [1.54, 1.807) is 12.1 Å². The summed E-state index contributed by atoms with van der Waals surface area (Å²) in [6.45, 7) is 6.97. The number of anilines is 1. The van der Waals surface area contributed by atoms with E-state index in [-0.39, 0.29) is 11.9 Å². The molecule has 1 atom stereocenters. The number of carbonyl (C=O) groups excluding carboxylic acids is 1. The van der Waals surface area contributed by atoms with Gasteiger partial charge in [-0.2, -0.15) is 5.26 Å². The molecule has 6 heteroatoms. The minimum atomic E-state index is -0.0860. The Kier molecular flexibility index (Phi) is 6.46. The fourth-order valence-electron chi connectivity index (χ4n) is 3.49. The van der Waals surface area contributed by atoms with Gasteiger partial charge in [0, 0.05) is 16.3 Å². The van der Waals surface area contributed by atoms with Gasteiger partial charge in [0.2, 0.25) is 0 Å². The molecule has 1 saturated heterocycles. The number of rotatable bonds is 5. The Labute approximate surface area is 165 Å². The molecule has 5 nitrogen and oxygen atoms in total. The summed E-state index contributed by atoms with van der Waals surface area (Å²) in [5, 5.41) is 12.5. The maximum absolute atomic E-state index is 12.5. The number of quaternary nitrogens is 2. The van der Waals surface area contributed by atoms with Crippen LogP contribution >= 0.6 is 11.6 Å². The number of hydrogen-bond acceptors (Lipinski definition) is 2. The average Bonchev–Trinajstić information content (AvgIpc) is 2.70. The lowest BCUT2D eigenvalue weighted by molar-refractivity contribution is -1.02. The third-order valence-corrected chi connectivity index (χ3v) is 5.51. The van der Waals surface area contributed by atoms with Crippen LogP contribution in [0.2, 0.25) is 5.02 Å². The maximum atomic E-state index is 12.5. The highest BCUT2D eigenvalue weighted by molar-refractivity contribution is 6.30. The highest BCUT2D eigenvalue weighted by Crippen LogP contribution is 2.13. The van der Waals surface area contributed by atoms with Crippen molar-refractivity contribution in [3.05, 3.63) is 64.7 Å². The molecular weight excluding hydrogens is 360 g/mol. The lowest BCUT2D eigenvalue weighted by atomic mass is 10.1. The summed E-state index contributed by atoms with van der Waals surface area (Å²) in [5.41, 5.74) is 2.73. The normalized spacial score (nSPS) is 20.5. The van der Waals surface area contributed by atoms with Crippen LogP contribution in [0.15, 0.2) is 48.5 Å². The molecule has 140 valence electrons. The van der Waals surface area contributed by atoms with Crippen molar-refractivity contribution in [1.29, 1.82) is 5.26 Å². The predicted molar refractivity (Wildman–Crippen MR) is 106 cm³/mol. The van der Waals surface area contributed by atoms with Gasteiger partial charge in [0.1, 0.15) is 32.7 Å². The van der Waals surface area contributed by atoms with Crippen molar-refractivity contribution in [3.8, 4) is 6.07 Å². The highest BCUT2D eigenvalue weighted by atomic mass is 35.5. The van der Waals surface area contributed by atoms with Crippen molar-refractivity contribution >= 4 is 23.2 Å². The highest BCUT2D eigenvalue weighted by Gasteiger charge is 2.31. The first-order chi connectivity index (χ1) is 13.0. The third kappa shape index (κ3) is 5.30. The molecule has 0 spiro atoms. The molecule has 27 heavy (non-hydrogen) atoms. The van der Waals surface area contributed by atoms with E-state index in [9.17, 15) is 4.79 Å². The molecular formula is C21H25ClN4O+2. The van der Waals surface area contributed by atoms with E-state index in [0.29, 0.717) is 10.6 Å². The second-order valence-electron chi connectivity index (χ2n) is 7.11. The first kappa shape index (κ1) is 19.4. The molecule has 0 aromatic heterocycles. The molecule has 1 aliphatic heterocycles. The zero-order valence-corrected chi connectivity index (χ0v) is 16.2. The van der Waals surface area contributed by atoms with E-state index in [1.807, 2.05) is 43.3 Å². The zero-order valence-electron chi connectivity index (χ0n) is 15.5. The molecule has 0 radical (unpaired) electrons. The SMILES string of the molecule is C[C@@H](C(=O)Nc1ccc(Cl)cc1)[NH+]1CC[NH+](Cc2ccc(C#N)cc2)CC1. The van der Waals surface area contributed by atoms with Crippen molar-refractivity contribution in [1.82, 2.24) is 0 Å². The van der Waals surface area contributed by atoms with Gasteiger partial charge in [0.05, 0.1) is 11.6 Å². The minimum absolute atomic E-state index is 0.0443. The van der Waals surface area contributed by atoms with Gasteiger partial charge < -0.3 is 15.1 Å². The van der Waals surface area contributed by atoms with E-state index in [2.05, 4.69) is 11.4 Å². The van der Waals surface area contributed by atoms with Crippen LogP contribution in [0.3, 0.4) is 0 Å². The predicted octanol–water partition coefficient (Wildman–Crippen LogP) is 0.522. The summed E-state index contributed by atoms with van der Waals surface area (Å²) in [5.74, 6) is 0.0443. The molecule has 3 rings (SSSR count). The summed E-state index contributed by atoms with van der Waals surface area (Å²) in [7, 11) is 0. The molecule has 0 aliphatic carbocycles. The molecule has 2 aromatic carbocycles. The summed E-state index contributed by atoms with van der Waals surface area (Å²) in [6, 6.07) is 17.1. The van der Waals surface area contributed by atoms with E-state index in [1.165, 1.54) is 15.4 Å². The van der Waals surface area contributed by atoms with Gasteiger partial charge >= 0.3 is 0 Å². The van der Waals surface area contributed by atoms with Crippen molar-refractivity contribution in [2.45, 2.75) is 19.5 Å². The lowest BCUT2D eigenvalue weighted by Crippen LogP contribution is -3.29. The Hall–Kier alpha value is -2.39. The minimum Gasteiger partial charge on any atom is -0.322 e. The number of carbonyl (C=O) groups is 1. The topological polar surface area (TPSA) is 61.8 Å². The number of nitriles is 1. The average molecular weight is 385 g/mol. The van der Waals surface area contributed by atoms with Crippen LogP contribution in [0.4, 0.5) is 5.69 Å². The van der Waals surface area contributed by atoms with Crippen LogP contribution in [0.5, 0.6) is 0 Å². The quantitative estimate of drug-likeness (QED) is 0.704. The van der Waals surface area contributed by atoms with Crippen molar-refractivity contribution in [3.63, 3.8) is 0 Å². The molecule has 0 saturated carbocycles. The molecule has 3 N–H and O–H groups in total. The summed E-state index contributed by atoms with van der Waals surface area (Å²) in [6.07, 6.45) is 0. The first-order valence-electron chi connectivity index (χ1n) is 9.29. The van der Waals surface area contributed by atoms with Gasteiger partial charge in [-0.05, 0) is 43.3 Å². The largest absolute Gasteiger partial charge is 0.322 e. The Morgan fingerprint density at radius 1 is 1.11 bits per heavy atom. The van der Waals surface area contributed by atoms with E-state index >= 15 is 0 Å². The standard InChI is InChI=1S/C21H23ClN4O/c1-16(21(27)24-20-8-6-19(22)7-9-20)26-12-10-25(11-13-26)15-18-4-2-17(14-23)3-5-18/h2-9,16H,10-13,15H2,1H3,(H,24,27)/p+2/t16-/m0/s1. The van der Waals surface area contributed by atoms with Crippen LogP contribution in [0, 0.1) is 11.3 Å². The number of halogens is 1. The molecule has 1 aliphatic rings. The second-order valence-corrected chi connectivity index (χ2v) is 7.55. The molecule has 1 fully saturated rings. The van der Waals surface area contributed by atoms with Gasteiger partial charge in [-0.1, -0.05) is 23.7 Å². The smallest absolute Gasteiger partial charge is 0.282 e. The number of piperazine rings is 1. The van der Waals surface area contributed by atoms with Crippen LogP contribution in [0.1, 0.15) is 18.1 Å². The Bertz CT molecular complexity index is 806. The molecule has 2 aromatic rings. The monoisotopic (exact) mass is 384 g/mol. The molecule has 1 heterocycles. The lowest BCUT2D eigenvalue weighted by Gasteiger charge is -2.32. The zero-order chi connectivity index (χ0) is 19.2. The molecule has 0 unspecified atom stereocenters. The van der Waals surface area contributed by atoms with Gasteiger partial charge in [0.25, 0.3) is 5.91 Å². The van der Waals surface area contributed by atoms with Crippen molar-refractivity contribution in [2.24, 2.45) is 0 Å². The maximum Gasteiger partial charge on any atom is 0.282 e. The Morgan fingerprint density at radius 3 is 2.33 bits per heavy atom. The van der Waals surface area contributed by atoms with E-state index in [0.717, 1.165) is 38.4 Å². The van der Waals surface area contributed by atoms with E-state index in [4.69, 9.17) is 16.9 Å². The number of nitrogens with zero attached hydrogens (tertiary/aromatic N) is 1. The Balaban J connectivity index is 1.48. The number of benzene rings is 2. The van der Waals surface area contributed by atoms with Crippen molar-refractivity contribution in [2.75, 3.05) is 31.5 Å². The van der Waals surface area contributed by atoms with Crippen molar-refractivity contribution < 1.29 is 14.6 Å². The fraction of sp³-hybridized carbons (Fsp3) is 0.333. The van der Waals surface area contributed by atoms with Crippen LogP contribution in [-0.4, -0.2) is 38.1 Å². The molecule has 1 amide bonds. The summed E-state index contributed by atoms with van der Waals surface area (Å²) >= 11 is 5.89.